The molecule has 5 rings (SSSR count). The Kier molecular flexibility index (Phi) is 6.65. The van der Waals surface area contributed by atoms with Crippen molar-refractivity contribution in [2.75, 3.05) is 22.9 Å². The highest BCUT2D eigenvalue weighted by Gasteiger charge is 2.27. The van der Waals surface area contributed by atoms with Crippen LogP contribution in [-0.4, -0.2) is 33.9 Å². The van der Waals surface area contributed by atoms with Gasteiger partial charge in [0.1, 0.15) is 5.69 Å². The number of hydrogen-bond donors (Lipinski definition) is 0. The Morgan fingerprint density at radius 2 is 1.94 bits per heavy atom. The summed E-state index contributed by atoms with van der Waals surface area (Å²) in [4.78, 5) is 38.1. The molecule has 1 aliphatic heterocycles. The summed E-state index contributed by atoms with van der Waals surface area (Å²) in [6, 6.07) is 12.6. The van der Waals surface area contributed by atoms with Crippen LogP contribution in [0.4, 0.5) is 16.5 Å². The van der Waals surface area contributed by atoms with Crippen LogP contribution in [-0.2, 0) is 6.54 Å². The number of benzene rings is 2. The van der Waals surface area contributed by atoms with Gasteiger partial charge in [-0.25, -0.2) is 4.98 Å². The van der Waals surface area contributed by atoms with Crippen molar-refractivity contribution in [3.8, 4) is 0 Å². The van der Waals surface area contributed by atoms with Gasteiger partial charge in [0.25, 0.3) is 11.6 Å². The van der Waals surface area contributed by atoms with Crippen molar-refractivity contribution in [2.24, 2.45) is 0 Å². The quantitative estimate of drug-likeness (QED) is 0.236. The van der Waals surface area contributed by atoms with Crippen LogP contribution in [0.15, 0.2) is 54.9 Å². The largest absolute Gasteiger partial charge is 0.366 e. The lowest BCUT2D eigenvalue weighted by molar-refractivity contribution is -0.384. The van der Waals surface area contributed by atoms with E-state index in [2.05, 4.69) is 11.1 Å². The molecule has 1 saturated heterocycles. The molecule has 1 aliphatic rings. The van der Waals surface area contributed by atoms with Crippen molar-refractivity contribution < 1.29 is 9.72 Å². The Hall–Kier alpha value is -3.85. The number of nitro groups is 1. The van der Waals surface area contributed by atoms with Crippen molar-refractivity contribution in [1.29, 1.82) is 0 Å². The molecular formula is C27H27N5O3S. The first-order valence-electron chi connectivity index (χ1n) is 12.0. The smallest absolute Gasteiger partial charge is 0.293 e. The molecule has 0 radical (unpaired) electrons. The number of hydrogen-bond acceptors (Lipinski definition) is 7. The molecule has 184 valence electrons. The topological polar surface area (TPSA) is 92.5 Å². The van der Waals surface area contributed by atoms with Crippen LogP contribution in [0.2, 0.25) is 0 Å². The van der Waals surface area contributed by atoms with Gasteiger partial charge in [-0.15, -0.1) is 0 Å². The zero-order chi connectivity index (χ0) is 25.2. The number of pyridine rings is 1. The predicted molar refractivity (Wildman–Crippen MR) is 143 cm³/mol. The van der Waals surface area contributed by atoms with E-state index in [4.69, 9.17) is 4.98 Å². The van der Waals surface area contributed by atoms with Gasteiger partial charge in [-0.2, -0.15) is 0 Å². The van der Waals surface area contributed by atoms with Crippen LogP contribution in [0.25, 0.3) is 10.2 Å². The summed E-state index contributed by atoms with van der Waals surface area (Å²) in [5, 5.41) is 12.5. The highest BCUT2D eigenvalue weighted by Crippen LogP contribution is 2.35. The molecule has 0 spiro atoms. The second-order valence-electron chi connectivity index (χ2n) is 9.11. The first-order valence-corrected chi connectivity index (χ1v) is 12.8. The molecule has 0 saturated carbocycles. The highest BCUT2D eigenvalue weighted by atomic mass is 32.1. The lowest BCUT2D eigenvalue weighted by Crippen LogP contribution is -2.31. The number of thiazole rings is 1. The Labute approximate surface area is 213 Å². The van der Waals surface area contributed by atoms with Crippen molar-refractivity contribution in [2.45, 2.75) is 39.7 Å². The number of nitro benzene ring substituents is 1. The van der Waals surface area contributed by atoms with E-state index in [1.54, 1.807) is 29.4 Å². The Bertz CT molecular complexity index is 1430. The molecule has 3 heterocycles. The molecule has 4 aromatic rings. The van der Waals surface area contributed by atoms with Crippen LogP contribution < -0.4 is 9.80 Å². The molecule has 9 heteroatoms. The SMILES string of the molecule is Cc1ccc2sc(N(Cc3cccnc3)C(=O)c3ccc(N4CCCCC4)c([N+](=O)[O-])c3)nc2c1C. The molecule has 0 bridgehead atoms. The molecule has 36 heavy (non-hydrogen) atoms. The minimum Gasteiger partial charge on any atom is -0.366 e. The Balaban J connectivity index is 1.56. The molecule has 0 aliphatic carbocycles. The van der Waals surface area contributed by atoms with Crippen LogP contribution in [0.3, 0.4) is 0 Å². The van der Waals surface area contributed by atoms with E-state index in [-0.39, 0.29) is 23.7 Å². The third-order valence-corrected chi connectivity index (χ3v) is 7.77. The third-order valence-electron chi connectivity index (χ3n) is 6.73. The van der Waals surface area contributed by atoms with Gasteiger partial charge < -0.3 is 4.90 Å². The number of aryl methyl sites for hydroxylation is 2. The van der Waals surface area contributed by atoms with Gasteiger partial charge in [-0.05, 0) is 74.1 Å². The minimum atomic E-state index is -0.393. The van der Waals surface area contributed by atoms with E-state index in [0.29, 0.717) is 10.8 Å². The van der Waals surface area contributed by atoms with Crippen LogP contribution in [0, 0.1) is 24.0 Å². The second kappa shape index (κ2) is 10.0. The van der Waals surface area contributed by atoms with Crippen LogP contribution in [0.5, 0.6) is 0 Å². The van der Waals surface area contributed by atoms with Crippen molar-refractivity contribution in [3.05, 3.63) is 87.2 Å². The number of anilines is 2. The number of fused-ring (bicyclic) bond motifs is 1. The Morgan fingerprint density at radius 3 is 2.67 bits per heavy atom. The van der Waals surface area contributed by atoms with Gasteiger partial charge in [-0.1, -0.05) is 23.5 Å². The molecule has 1 amide bonds. The molecule has 1 fully saturated rings. The fourth-order valence-electron chi connectivity index (χ4n) is 4.59. The number of carbonyl (C=O) groups is 1. The number of nitrogens with zero attached hydrogens (tertiary/aromatic N) is 5. The third kappa shape index (κ3) is 4.66. The lowest BCUT2D eigenvalue weighted by atomic mass is 10.1. The second-order valence-corrected chi connectivity index (χ2v) is 10.1. The maximum Gasteiger partial charge on any atom is 0.293 e. The average molecular weight is 502 g/mol. The number of aromatic nitrogens is 2. The van der Waals surface area contributed by atoms with Gasteiger partial charge >= 0.3 is 0 Å². The van der Waals surface area contributed by atoms with E-state index in [0.717, 1.165) is 59.3 Å². The fraction of sp³-hybridized carbons (Fsp3) is 0.296. The average Bonchev–Trinajstić information content (AvgIpc) is 3.34. The van der Waals surface area contributed by atoms with E-state index in [9.17, 15) is 14.9 Å². The number of piperidine rings is 1. The molecule has 2 aromatic heterocycles. The minimum absolute atomic E-state index is 0.0418. The van der Waals surface area contributed by atoms with Gasteiger partial charge in [0.2, 0.25) is 0 Å². The molecule has 2 aromatic carbocycles. The maximum absolute atomic E-state index is 13.9. The maximum atomic E-state index is 13.9. The molecular weight excluding hydrogens is 474 g/mol. The van der Waals surface area contributed by atoms with Crippen LogP contribution >= 0.6 is 11.3 Å². The molecule has 8 nitrogen and oxygen atoms in total. The van der Waals surface area contributed by atoms with E-state index < -0.39 is 4.92 Å². The number of amides is 1. The summed E-state index contributed by atoms with van der Waals surface area (Å²) in [5.74, 6) is -0.333. The van der Waals surface area contributed by atoms with Crippen LogP contribution in [0.1, 0.15) is 46.3 Å². The fourth-order valence-corrected chi connectivity index (χ4v) is 5.61. The van der Waals surface area contributed by atoms with Gasteiger partial charge in [0.05, 0.1) is 21.7 Å². The normalized spacial score (nSPS) is 13.7. The highest BCUT2D eigenvalue weighted by molar-refractivity contribution is 7.22. The summed E-state index contributed by atoms with van der Waals surface area (Å²) in [6.07, 6.45) is 6.54. The van der Waals surface area contributed by atoms with Gasteiger partial charge in [0.15, 0.2) is 5.13 Å². The molecule has 0 atom stereocenters. The monoisotopic (exact) mass is 501 g/mol. The first kappa shape index (κ1) is 23.9. The van der Waals surface area contributed by atoms with Crippen molar-refractivity contribution >= 4 is 44.0 Å². The summed E-state index contributed by atoms with van der Waals surface area (Å²) in [6.45, 7) is 5.89. The summed E-state index contributed by atoms with van der Waals surface area (Å²) in [7, 11) is 0. The zero-order valence-corrected chi connectivity index (χ0v) is 21.1. The summed E-state index contributed by atoms with van der Waals surface area (Å²) >= 11 is 1.44. The first-order chi connectivity index (χ1) is 17.4. The number of carbonyl (C=O) groups excluding carboxylic acids is 1. The summed E-state index contributed by atoms with van der Waals surface area (Å²) < 4.78 is 0.989. The summed E-state index contributed by atoms with van der Waals surface area (Å²) in [5.41, 5.74) is 4.71. The van der Waals surface area contributed by atoms with Crippen molar-refractivity contribution in [1.82, 2.24) is 9.97 Å². The zero-order valence-electron chi connectivity index (χ0n) is 20.3. The predicted octanol–water partition coefficient (Wildman–Crippen LogP) is 6.05. The standard InChI is InChI=1S/C27H27N5O3S/c1-18-8-11-24-25(19(18)2)29-27(36-24)31(17-20-7-6-12-28-16-20)26(33)21-9-10-22(23(15-21)32(34)35)30-13-4-3-5-14-30/h6-12,15-16H,3-5,13-14,17H2,1-2H3. The van der Waals surface area contributed by atoms with E-state index in [1.165, 1.54) is 17.4 Å². The lowest BCUT2D eigenvalue weighted by Gasteiger charge is -2.28. The van der Waals surface area contributed by atoms with Crippen molar-refractivity contribution in [3.63, 3.8) is 0 Å². The van der Waals surface area contributed by atoms with Gasteiger partial charge in [0, 0.05) is 37.1 Å². The van der Waals surface area contributed by atoms with Gasteiger partial charge in [-0.3, -0.25) is 24.8 Å². The Morgan fingerprint density at radius 1 is 1.14 bits per heavy atom. The molecule has 0 unspecified atom stereocenters. The number of rotatable bonds is 6. The molecule has 0 N–H and O–H groups in total. The van der Waals surface area contributed by atoms with E-state index in [1.807, 2.05) is 36.9 Å². The van der Waals surface area contributed by atoms with E-state index >= 15 is 0 Å².